The molecule has 2 aliphatic rings. The van der Waals surface area contributed by atoms with Crippen LogP contribution in [0.3, 0.4) is 0 Å². The number of nitrogens with zero attached hydrogens (tertiary/aromatic N) is 3. The van der Waals surface area contributed by atoms with Crippen molar-refractivity contribution in [3.05, 3.63) is 89.5 Å². The number of allylic oxidation sites excluding steroid dienone is 2. The molecular formula is C28H29N3O4. The number of carboxylic acids is 1. The Labute approximate surface area is 204 Å². The van der Waals surface area contributed by atoms with E-state index in [9.17, 15) is 19.8 Å². The molecule has 0 saturated carbocycles. The number of piperidine rings is 1. The van der Waals surface area contributed by atoms with E-state index in [1.807, 2.05) is 30.7 Å². The van der Waals surface area contributed by atoms with Crippen LogP contribution in [-0.4, -0.2) is 55.7 Å². The lowest BCUT2D eigenvalue weighted by atomic mass is 9.85. The number of amides is 1. The molecule has 7 nitrogen and oxygen atoms in total. The van der Waals surface area contributed by atoms with Crippen LogP contribution in [0.4, 0.5) is 0 Å². The second kappa shape index (κ2) is 9.50. The zero-order valence-corrected chi connectivity index (χ0v) is 19.7. The first kappa shape index (κ1) is 23.1. The highest BCUT2D eigenvalue weighted by atomic mass is 16.4. The van der Waals surface area contributed by atoms with Gasteiger partial charge >= 0.3 is 5.97 Å². The lowest BCUT2D eigenvalue weighted by Gasteiger charge is -2.35. The summed E-state index contributed by atoms with van der Waals surface area (Å²) < 4.78 is 2.16. The van der Waals surface area contributed by atoms with Gasteiger partial charge in [-0.05, 0) is 60.9 Å². The van der Waals surface area contributed by atoms with Crippen LogP contribution in [0.5, 0.6) is 0 Å². The molecule has 3 aromatic rings. The number of hydrogen-bond acceptors (Lipinski definition) is 4. The Morgan fingerprint density at radius 3 is 2.37 bits per heavy atom. The van der Waals surface area contributed by atoms with Gasteiger partial charge in [-0.3, -0.25) is 4.79 Å². The minimum absolute atomic E-state index is 0.00649. The molecule has 3 heterocycles. The van der Waals surface area contributed by atoms with Gasteiger partial charge in [-0.2, -0.15) is 0 Å². The van der Waals surface area contributed by atoms with Gasteiger partial charge in [0.25, 0.3) is 5.91 Å². The van der Waals surface area contributed by atoms with Gasteiger partial charge in [0.05, 0.1) is 41.5 Å². The number of hydrogen-bond donors (Lipinski definition) is 2. The number of rotatable bonds is 6. The molecule has 0 spiro atoms. The first-order chi connectivity index (χ1) is 17.0. The molecule has 0 aliphatic carbocycles. The Morgan fingerprint density at radius 1 is 1.03 bits per heavy atom. The molecule has 2 aliphatic heterocycles. The van der Waals surface area contributed by atoms with E-state index < -0.39 is 12.1 Å². The van der Waals surface area contributed by atoms with Crippen molar-refractivity contribution in [3.8, 4) is 0 Å². The Morgan fingerprint density at radius 2 is 1.69 bits per heavy atom. The summed E-state index contributed by atoms with van der Waals surface area (Å²) in [4.78, 5) is 30.6. The van der Waals surface area contributed by atoms with Crippen LogP contribution in [0.15, 0.2) is 67.1 Å². The van der Waals surface area contributed by atoms with Crippen LogP contribution < -0.4 is 0 Å². The maximum atomic E-state index is 13.0. The van der Waals surface area contributed by atoms with Crippen molar-refractivity contribution < 1.29 is 19.8 Å². The molecule has 7 heteroatoms. The van der Waals surface area contributed by atoms with Crippen molar-refractivity contribution in [1.82, 2.24) is 14.5 Å². The maximum absolute atomic E-state index is 13.0. The summed E-state index contributed by atoms with van der Waals surface area (Å²) in [6, 6.07) is 16.6. The summed E-state index contributed by atoms with van der Waals surface area (Å²) >= 11 is 0. The summed E-state index contributed by atoms with van der Waals surface area (Å²) in [6.07, 6.45) is 5.12. The lowest BCUT2D eigenvalue weighted by molar-refractivity contribution is 0.0400. The number of imidazole rings is 1. The van der Waals surface area contributed by atoms with Gasteiger partial charge in [0.1, 0.15) is 0 Å². The SMILES string of the molecule is CC1=C(c2ccccc2)C(CC(O)C2CCN(C(=O)c3ccccc3C(=O)O)CC2)n2cncc21. The third kappa shape index (κ3) is 4.28. The molecule has 1 saturated heterocycles. The maximum Gasteiger partial charge on any atom is 0.336 e. The monoisotopic (exact) mass is 471 g/mol. The van der Waals surface area contributed by atoms with Crippen LogP contribution in [0, 0.1) is 5.92 Å². The van der Waals surface area contributed by atoms with Crippen LogP contribution in [-0.2, 0) is 0 Å². The van der Waals surface area contributed by atoms with Gasteiger partial charge in [0.15, 0.2) is 0 Å². The number of aliphatic hydroxyl groups is 1. The second-order valence-electron chi connectivity index (χ2n) is 9.39. The Kier molecular flexibility index (Phi) is 6.26. The summed E-state index contributed by atoms with van der Waals surface area (Å²) in [5.74, 6) is -1.30. The molecule has 2 atom stereocenters. The van der Waals surface area contributed by atoms with Crippen molar-refractivity contribution in [2.45, 2.75) is 38.3 Å². The van der Waals surface area contributed by atoms with Gasteiger partial charge in [-0.1, -0.05) is 42.5 Å². The zero-order valence-electron chi connectivity index (χ0n) is 19.7. The number of carbonyl (C=O) groups is 2. The predicted molar refractivity (Wildman–Crippen MR) is 133 cm³/mol. The molecule has 5 rings (SSSR count). The van der Waals surface area contributed by atoms with E-state index in [-0.39, 0.29) is 29.0 Å². The predicted octanol–water partition coefficient (Wildman–Crippen LogP) is 4.37. The van der Waals surface area contributed by atoms with Gasteiger partial charge < -0.3 is 19.7 Å². The molecule has 0 bridgehead atoms. The van der Waals surface area contributed by atoms with Crippen molar-refractivity contribution >= 4 is 23.0 Å². The van der Waals surface area contributed by atoms with E-state index in [2.05, 4.69) is 28.6 Å². The largest absolute Gasteiger partial charge is 0.478 e. The number of aliphatic hydroxyl groups excluding tert-OH is 1. The van der Waals surface area contributed by atoms with E-state index in [1.165, 1.54) is 17.2 Å². The number of fused-ring (bicyclic) bond motifs is 1. The Hall–Kier alpha value is -3.71. The van der Waals surface area contributed by atoms with Crippen LogP contribution in [0.1, 0.15) is 64.2 Å². The zero-order chi connectivity index (χ0) is 24.5. The minimum Gasteiger partial charge on any atom is -0.478 e. The van der Waals surface area contributed by atoms with E-state index in [0.717, 1.165) is 11.3 Å². The molecule has 180 valence electrons. The molecular weight excluding hydrogens is 442 g/mol. The van der Waals surface area contributed by atoms with Crippen LogP contribution in [0.25, 0.3) is 11.1 Å². The number of carboxylic acid groups (broad SMARTS) is 1. The molecule has 1 fully saturated rings. The first-order valence-corrected chi connectivity index (χ1v) is 12.0. The normalized spacial score (nSPS) is 19.0. The average Bonchev–Trinajstić information content (AvgIpc) is 3.47. The molecule has 1 amide bonds. The van der Waals surface area contributed by atoms with Crippen LogP contribution >= 0.6 is 0 Å². The fourth-order valence-corrected chi connectivity index (χ4v) is 5.56. The standard InChI is InChI=1S/C28H29N3O4/c1-18-24-16-29-17-31(24)23(26(18)20-7-3-2-4-8-20)15-25(32)19-11-13-30(14-12-19)27(33)21-9-5-6-10-22(21)28(34)35/h2-10,16-17,19,23,25,32H,11-15H2,1H3,(H,34,35). The average molecular weight is 472 g/mol. The van der Waals surface area contributed by atoms with E-state index in [0.29, 0.717) is 32.4 Å². The smallest absolute Gasteiger partial charge is 0.336 e. The fraction of sp³-hybridized carbons (Fsp3) is 0.321. The van der Waals surface area contributed by atoms with E-state index in [4.69, 9.17) is 0 Å². The number of likely N-dealkylation sites (tertiary alicyclic amines) is 1. The number of aromatic nitrogens is 2. The molecule has 2 unspecified atom stereocenters. The van der Waals surface area contributed by atoms with Gasteiger partial charge in [-0.25, -0.2) is 9.78 Å². The lowest BCUT2D eigenvalue weighted by Crippen LogP contribution is -2.42. The topological polar surface area (TPSA) is 95.7 Å². The summed E-state index contributed by atoms with van der Waals surface area (Å²) in [7, 11) is 0. The highest BCUT2D eigenvalue weighted by Gasteiger charge is 2.35. The van der Waals surface area contributed by atoms with Crippen molar-refractivity contribution in [2.75, 3.05) is 13.1 Å². The molecule has 1 aromatic heterocycles. The van der Waals surface area contributed by atoms with E-state index in [1.54, 1.807) is 23.1 Å². The molecule has 0 radical (unpaired) electrons. The van der Waals surface area contributed by atoms with Crippen molar-refractivity contribution in [1.29, 1.82) is 0 Å². The summed E-state index contributed by atoms with van der Waals surface area (Å²) in [6.45, 7) is 3.10. The Balaban J connectivity index is 1.28. The third-order valence-corrected chi connectivity index (χ3v) is 7.43. The number of carbonyl (C=O) groups excluding carboxylic acids is 1. The second-order valence-corrected chi connectivity index (χ2v) is 9.39. The molecule has 2 aromatic carbocycles. The summed E-state index contributed by atoms with van der Waals surface area (Å²) in [5, 5.41) is 20.7. The fourth-order valence-electron chi connectivity index (χ4n) is 5.56. The third-order valence-electron chi connectivity index (χ3n) is 7.43. The van der Waals surface area contributed by atoms with Crippen LogP contribution in [0.2, 0.25) is 0 Å². The highest BCUT2D eigenvalue weighted by molar-refractivity contribution is 6.04. The number of aromatic carboxylic acids is 1. The van der Waals surface area contributed by atoms with Gasteiger partial charge in [0, 0.05) is 13.1 Å². The minimum atomic E-state index is -1.10. The molecule has 35 heavy (non-hydrogen) atoms. The Bertz CT molecular complexity index is 1270. The summed E-state index contributed by atoms with van der Waals surface area (Å²) in [5.41, 5.74) is 4.88. The van der Waals surface area contributed by atoms with Crippen molar-refractivity contribution in [3.63, 3.8) is 0 Å². The first-order valence-electron chi connectivity index (χ1n) is 12.0. The van der Waals surface area contributed by atoms with Crippen molar-refractivity contribution in [2.24, 2.45) is 5.92 Å². The molecule has 2 N–H and O–H groups in total. The quantitative estimate of drug-likeness (QED) is 0.557. The number of benzene rings is 2. The highest BCUT2D eigenvalue weighted by Crippen LogP contribution is 2.45. The van der Waals surface area contributed by atoms with Gasteiger partial charge in [0.2, 0.25) is 0 Å². The van der Waals surface area contributed by atoms with Gasteiger partial charge in [-0.15, -0.1) is 0 Å². The van der Waals surface area contributed by atoms with E-state index >= 15 is 0 Å².